The van der Waals surface area contributed by atoms with E-state index in [2.05, 4.69) is 0 Å². The molecule has 0 aliphatic carbocycles. The summed E-state index contributed by atoms with van der Waals surface area (Å²) in [7, 11) is 0. The molecule has 2 heterocycles. The number of Topliss-reactive ketones (excluding diaryl/α,β-unsaturated/α-hetero) is 1. The molecule has 8 heteroatoms. The van der Waals surface area contributed by atoms with Crippen molar-refractivity contribution in [2.75, 3.05) is 11.5 Å². The lowest BCUT2D eigenvalue weighted by atomic mass is 9.99. The molecule has 1 fully saturated rings. The van der Waals surface area contributed by atoms with Crippen LogP contribution in [0.3, 0.4) is 0 Å². The number of aliphatic hydroxyl groups is 1. The van der Waals surface area contributed by atoms with E-state index in [4.69, 9.17) is 4.74 Å². The van der Waals surface area contributed by atoms with Crippen LogP contribution in [0.2, 0.25) is 0 Å². The Morgan fingerprint density at radius 2 is 1.85 bits per heavy atom. The van der Waals surface area contributed by atoms with Gasteiger partial charge in [0, 0.05) is 16.5 Å². The maximum atomic E-state index is 14.6. The number of hydrogen-bond acceptors (Lipinski definition) is 5. The number of amides is 1. The lowest BCUT2D eigenvalue weighted by Gasteiger charge is -2.24. The first-order valence-corrected chi connectivity index (χ1v) is 11.2. The highest BCUT2D eigenvalue weighted by molar-refractivity contribution is 7.10. The van der Waals surface area contributed by atoms with Gasteiger partial charge in [0.2, 0.25) is 0 Å². The fraction of sp³-hybridized carbons (Fsp3) is 0.200. The average molecular weight is 470 g/mol. The van der Waals surface area contributed by atoms with E-state index in [1.165, 1.54) is 11.3 Å². The molecule has 1 amide bonds. The molecule has 33 heavy (non-hydrogen) atoms. The van der Waals surface area contributed by atoms with Crippen LogP contribution < -0.4 is 9.64 Å². The van der Waals surface area contributed by atoms with Gasteiger partial charge in [0.25, 0.3) is 11.7 Å². The van der Waals surface area contributed by atoms with Gasteiger partial charge in [-0.1, -0.05) is 19.9 Å². The van der Waals surface area contributed by atoms with Gasteiger partial charge in [-0.15, -0.1) is 11.3 Å². The standard InChI is InChI=1S/C25H21F2NO4S/c1-14(2)13-32-17-8-5-15(6-9-17)23(29)21-22(20-4-3-11-33-20)28(25(31)24(21)30)19-10-7-16(26)12-18(19)27/h3-12,14,22,29H,13H2,1-2H3/b23-21-. The van der Waals surface area contributed by atoms with Crippen LogP contribution in [0.25, 0.3) is 5.76 Å². The molecule has 1 aromatic heterocycles. The highest BCUT2D eigenvalue weighted by Gasteiger charge is 2.48. The first kappa shape index (κ1) is 22.7. The number of benzene rings is 2. The maximum Gasteiger partial charge on any atom is 0.300 e. The molecule has 1 unspecified atom stereocenters. The topological polar surface area (TPSA) is 66.8 Å². The number of ether oxygens (including phenoxy) is 1. The van der Waals surface area contributed by atoms with Crippen LogP contribution >= 0.6 is 11.3 Å². The van der Waals surface area contributed by atoms with Gasteiger partial charge in [-0.05, 0) is 53.8 Å². The minimum absolute atomic E-state index is 0.165. The van der Waals surface area contributed by atoms with E-state index < -0.39 is 29.4 Å². The predicted molar refractivity (Wildman–Crippen MR) is 122 cm³/mol. The number of ketones is 1. The largest absolute Gasteiger partial charge is 0.507 e. The number of carbonyl (C=O) groups excluding carboxylic acids is 2. The van der Waals surface area contributed by atoms with Gasteiger partial charge in [0.15, 0.2) is 0 Å². The van der Waals surface area contributed by atoms with Crippen molar-refractivity contribution in [2.24, 2.45) is 5.92 Å². The second-order valence-electron chi connectivity index (χ2n) is 8.01. The summed E-state index contributed by atoms with van der Waals surface area (Å²) in [4.78, 5) is 27.5. The molecule has 1 aliphatic rings. The zero-order valence-corrected chi connectivity index (χ0v) is 18.7. The number of halogens is 2. The van der Waals surface area contributed by atoms with Crippen molar-refractivity contribution in [3.05, 3.63) is 87.6 Å². The van der Waals surface area contributed by atoms with Crippen molar-refractivity contribution in [2.45, 2.75) is 19.9 Å². The Morgan fingerprint density at radius 1 is 1.12 bits per heavy atom. The van der Waals surface area contributed by atoms with E-state index in [1.54, 1.807) is 41.8 Å². The third-order valence-corrected chi connectivity index (χ3v) is 6.06. The van der Waals surface area contributed by atoms with Crippen molar-refractivity contribution in [3.8, 4) is 5.75 Å². The summed E-state index contributed by atoms with van der Waals surface area (Å²) in [5.41, 5.74) is -0.0959. The molecule has 0 spiro atoms. The molecule has 0 saturated carbocycles. The van der Waals surface area contributed by atoms with E-state index in [9.17, 15) is 23.5 Å². The van der Waals surface area contributed by atoms with Crippen LogP contribution in [0.5, 0.6) is 5.75 Å². The summed E-state index contributed by atoms with van der Waals surface area (Å²) in [6.07, 6.45) is 0. The third-order valence-electron chi connectivity index (χ3n) is 5.14. The molecule has 0 bridgehead atoms. The Kier molecular flexibility index (Phi) is 6.29. The van der Waals surface area contributed by atoms with Gasteiger partial charge in [0.05, 0.1) is 17.9 Å². The van der Waals surface area contributed by atoms with Gasteiger partial charge in [-0.25, -0.2) is 8.78 Å². The third kappa shape index (κ3) is 4.39. The van der Waals surface area contributed by atoms with Crippen LogP contribution in [0, 0.1) is 17.6 Å². The summed E-state index contributed by atoms with van der Waals surface area (Å²) in [5.74, 6) is -3.18. The highest BCUT2D eigenvalue weighted by Crippen LogP contribution is 2.44. The number of carbonyl (C=O) groups is 2. The van der Waals surface area contributed by atoms with Crippen molar-refractivity contribution < 1.29 is 28.2 Å². The summed E-state index contributed by atoms with van der Waals surface area (Å²) in [6, 6.07) is 11.6. The normalized spacial score (nSPS) is 17.7. The van der Waals surface area contributed by atoms with E-state index in [-0.39, 0.29) is 17.0 Å². The maximum absolute atomic E-state index is 14.6. The second-order valence-corrected chi connectivity index (χ2v) is 8.99. The minimum Gasteiger partial charge on any atom is -0.507 e. The number of hydrogen-bond donors (Lipinski definition) is 1. The highest BCUT2D eigenvalue weighted by atomic mass is 32.1. The monoisotopic (exact) mass is 469 g/mol. The predicted octanol–water partition coefficient (Wildman–Crippen LogP) is 5.69. The summed E-state index contributed by atoms with van der Waals surface area (Å²) in [6.45, 7) is 4.57. The zero-order valence-electron chi connectivity index (χ0n) is 17.9. The van der Waals surface area contributed by atoms with Crippen molar-refractivity contribution in [1.29, 1.82) is 0 Å². The fourth-order valence-corrected chi connectivity index (χ4v) is 4.42. The molecular weight excluding hydrogens is 448 g/mol. The first-order valence-electron chi connectivity index (χ1n) is 10.3. The molecule has 1 N–H and O–H groups in total. The summed E-state index contributed by atoms with van der Waals surface area (Å²) < 4.78 is 33.7. The number of anilines is 1. The van der Waals surface area contributed by atoms with Crippen molar-refractivity contribution >= 4 is 34.5 Å². The van der Waals surface area contributed by atoms with Gasteiger partial charge in [-0.3, -0.25) is 14.5 Å². The van der Waals surface area contributed by atoms with Crippen LogP contribution in [0.4, 0.5) is 14.5 Å². The quantitative estimate of drug-likeness (QED) is 0.286. The molecule has 4 rings (SSSR count). The summed E-state index contributed by atoms with van der Waals surface area (Å²) >= 11 is 1.25. The molecule has 1 aliphatic heterocycles. The van der Waals surface area contributed by atoms with Crippen molar-refractivity contribution in [1.82, 2.24) is 0 Å². The van der Waals surface area contributed by atoms with Crippen LogP contribution in [-0.2, 0) is 9.59 Å². The number of nitrogens with zero attached hydrogens (tertiary/aromatic N) is 1. The van der Waals surface area contributed by atoms with E-state index in [1.807, 2.05) is 13.8 Å². The van der Waals surface area contributed by atoms with Crippen molar-refractivity contribution in [3.63, 3.8) is 0 Å². The van der Waals surface area contributed by atoms with Crippen LogP contribution in [-0.4, -0.2) is 23.4 Å². The Bertz CT molecular complexity index is 1220. The number of rotatable bonds is 6. The van der Waals surface area contributed by atoms with Gasteiger partial charge in [0.1, 0.15) is 29.2 Å². The van der Waals surface area contributed by atoms with Gasteiger partial charge >= 0.3 is 0 Å². The Morgan fingerprint density at radius 3 is 2.45 bits per heavy atom. The Balaban J connectivity index is 1.80. The number of aliphatic hydroxyl groups excluding tert-OH is 1. The van der Waals surface area contributed by atoms with E-state index in [0.29, 0.717) is 34.8 Å². The second kappa shape index (κ2) is 9.15. The zero-order chi connectivity index (χ0) is 23.7. The van der Waals surface area contributed by atoms with Gasteiger partial charge in [-0.2, -0.15) is 0 Å². The molecular formula is C25H21F2NO4S. The Labute approximate surface area is 193 Å². The lowest BCUT2D eigenvalue weighted by Crippen LogP contribution is -2.30. The summed E-state index contributed by atoms with van der Waals surface area (Å²) in [5, 5.41) is 12.8. The molecule has 0 radical (unpaired) electrons. The van der Waals surface area contributed by atoms with Crippen LogP contribution in [0.15, 0.2) is 65.6 Å². The minimum atomic E-state index is -1.05. The van der Waals surface area contributed by atoms with E-state index >= 15 is 0 Å². The SMILES string of the molecule is CC(C)COc1ccc(/C(O)=C2/C(=O)C(=O)N(c3ccc(F)cc3F)C2c2cccs2)cc1. The smallest absolute Gasteiger partial charge is 0.300 e. The molecule has 170 valence electrons. The van der Waals surface area contributed by atoms with Gasteiger partial charge < -0.3 is 9.84 Å². The Hall–Kier alpha value is -3.52. The molecule has 2 aromatic carbocycles. The molecule has 1 atom stereocenters. The lowest BCUT2D eigenvalue weighted by molar-refractivity contribution is -0.132. The molecule has 3 aromatic rings. The first-order chi connectivity index (χ1) is 15.8. The molecule has 1 saturated heterocycles. The van der Waals surface area contributed by atoms with Crippen LogP contribution in [0.1, 0.15) is 30.3 Å². The fourth-order valence-electron chi connectivity index (χ4n) is 3.60. The van der Waals surface area contributed by atoms with E-state index in [0.717, 1.165) is 17.0 Å². The average Bonchev–Trinajstić information content (AvgIpc) is 3.40. The number of thiophene rings is 1. The molecule has 5 nitrogen and oxygen atoms in total.